The maximum absolute atomic E-state index is 2.56. The number of hydrogen-bond donors (Lipinski definition) is 0. The SMILES string of the molecule is CCc1c(N(c2ccccc2-c2ccccc2)C(C)(C)C)ccc2c1-c1ccccc1C2(C)C. The van der Waals surface area contributed by atoms with Crippen LogP contribution in [0.4, 0.5) is 11.4 Å². The quantitative estimate of drug-likeness (QED) is 0.303. The van der Waals surface area contributed by atoms with E-state index in [9.17, 15) is 0 Å². The fourth-order valence-electron chi connectivity index (χ4n) is 5.81. The highest BCUT2D eigenvalue weighted by atomic mass is 15.2. The molecule has 0 spiro atoms. The van der Waals surface area contributed by atoms with Crippen molar-refractivity contribution >= 4 is 11.4 Å². The average Bonchev–Trinajstić information content (AvgIpc) is 3.06. The Kier molecular flexibility index (Phi) is 5.40. The van der Waals surface area contributed by atoms with E-state index in [1.807, 2.05) is 0 Å². The zero-order valence-corrected chi connectivity index (χ0v) is 21.3. The van der Waals surface area contributed by atoms with Crippen LogP contribution in [0.25, 0.3) is 22.3 Å². The van der Waals surface area contributed by atoms with Gasteiger partial charge >= 0.3 is 0 Å². The molecule has 0 radical (unpaired) electrons. The molecule has 4 aromatic rings. The first-order chi connectivity index (χ1) is 16.2. The number of rotatable bonds is 4. The van der Waals surface area contributed by atoms with Gasteiger partial charge in [-0.15, -0.1) is 0 Å². The fraction of sp³-hybridized carbons (Fsp3) is 0.273. The van der Waals surface area contributed by atoms with E-state index in [4.69, 9.17) is 0 Å². The summed E-state index contributed by atoms with van der Waals surface area (Å²) in [7, 11) is 0. The summed E-state index contributed by atoms with van der Waals surface area (Å²) in [6.45, 7) is 14.0. The monoisotopic (exact) mass is 445 g/mol. The Bertz CT molecular complexity index is 1340. The summed E-state index contributed by atoms with van der Waals surface area (Å²) in [5.74, 6) is 0. The zero-order chi connectivity index (χ0) is 24.1. The average molecular weight is 446 g/mol. The Morgan fingerprint density at radius 2 is 1.26 bits per heavy atom. The van der Waals surface area contributed by atoms with Crippen LogP contribution in [-0.2, 0) is 11.8 Å². The van der Waals surface area contributed by atoms with Gasteiger partial charge in [0.25, 0.3) is 0 Å². The molecule has 1 aliphatic rings. The molecule has 0 aliphatic heterocycles. The summed E-state index contributed by atoms with van der Waals surface area (Å²) in [5, 5.41) is 0. The first-order valence-electron chi connectivity index (χ1n) is 12.5. The largest absolute Gasteiger partial charge is 0.335 e. The van der Waals surface area contributed by atoms with Gasteiger partial charge in [0.2, 0.25) is 0 Å². The normalized spacial score (nSPS) is 13.9. The van der Waals surface area contributed by atoms with Crippen LogP contribution < -0.4 is 4.90 Å². The number of anilines is 2. The van der Waals surface area contributed by atoms with Crippen LogP contribution in [0.15, 0.2) is 91.0 Å². The van der Waals surface area contributed by atoms with Gasteiger partial charge in [0.05, 0.1) is 0 Å². The second-order valence-electron chi connectivity index (χ2n) is 10.9. The van der Waals surface area contributed by atoms with Crippen LogP contribution in [0.3, 0.4) is 0 Å². The summed E-state index contributed by atoms with van der Waals surface area (Å²) < 4.78 is 0. The van der Waals surface area contributed by atoms with Crippen LogP contribution in [0.1, 0.15) is 58.2 Å². The first-order valence-corrected chi connectivity index (χ1v) is 12.5. The van der Waals surface area contributed by atoms with E-state index in [2.05, 4.69) is 137 Å². The molecule has 0 atom stereocenters. The minimum Gasteiger partial charge on any atom is -0.335 e. The lowest BCUT2D eigenvalue weighted by molar-refractivity contribution is 0.559. The molecule has 0 heterocycles. The molecule has 1 aliphatic carbocycles. The number of para-hydroxylation sites is 1. The number of benzene rings is 4. The van der Waals surface area contributed by atoms with E-state index in [1.165, 1.54) is 50.3 Å². The Morgan fingerprint density at radius 1 is 0.647 bits per heavy atom. The van der Waals surface area contributed by atoms with Crippen molar-refractivity contribution in [1.29, 1.82) is 0 Å². The molecule has 0 fully saturated rings. The highest BCUT2D eigenvalue weighted by molar-refractivity contribution is 5.90. The van der Waals surface area contributed by atoms with E-state index in [0.29, 0.717) is 0 Å². The van der Waals surface area contributed by atoms with Crippen LogP contribution in [0, 0.1) is 0 Å². The van der Waals surface area contributed by atoms with Crippen molar-refractivity contribution in [2.75, 3.05) is 4.90 Å². The maximum Gasteiger partial charge on any atom is 0.0495 e. The third-order valence-electron chi connectivity index (χ3n) is 7.33. The van der Waals surface area contributed by atoms with Crippen LogP contribution in [0.2, 0.25) is 0 Å². The molecule has 1 nitrogen and oxygen atoms in total. The van der Waals surface area contributed by atoms with E-state index in [0.717, 1.165) is 6.42 Å². The third kappa shape index (κ3) is 3.46. The van der Waals surface area contributed by atoms with Crippen molar-refractivity contribution < 1.29 is 0 Å². The Morgan fingerprint density at radius 3 is 1.94 bits per heavy atom. The molecular weight excluding hydrogens is 410 g/mol. The third-order valence-corrected chi connectivity index (χ3v) is 7.33. The molecule has 172 valence electrons. The van der Waals surface area contributed by atoms with Gasteiger partial charge in [0, 0.05) is 27.9 Å². The predicted octanol–water partition coefficient (Wildman–Crippen LogP) is 9.16. The standard InChI is InChI=1S/C33H35N/c1-7-24-30(22-21-28-31(24)26-18-11-13-19-27(26)33(28,5)6)34(32(2,3)4)29-20-14-12-17-25(29)23-15-9-8-10-16-23/h8-22H,7H2,1-6H3. The molecule has 0 saturated carbocycles. The lowest BCUT2D eigenvalue weighted by atomic mass is 9.81. The lowest BCUT2D eigenvalue weighted by Crippen LogP contribution is -2.38. The molecule has 0 amide bonds. The molecule has 5 rings (SSSR count). The van der Waals surface area contributed by atoms with Gasteiger partial charge in [-0.05, 0) is 72.7 Å². The zero-order valence-electron chi connectivity index (χ0n) is 21.3. The predicted molar refractivity (Wildman–Crippen MR) is 147 cm³/mol. The number of hydrogen-bond acceptors (Lipinski definition) is 1. The van der Waals surface area contributed by atoms with Crippen LogP contribution in [-0.4, -0.2) is 5.54 Å². The second-order valence-corrected chi connectivity index (χ2v) is 10.9. The Hall–Kier alpha value is -3.32. The summed E-state index contributed by atoms with van der Waals surface area (Å²) in [4.78, 5) is 2.56. The van der Waals surface area contributed by atoms with Gasteiger partial charge in [-0.3, -0.25) is 0 Å². The molecule has 0 unspecified atom stereocenters. The number of fused-ring (bicyclic) bond motifs is 3. The van der Waals surface area contributed by atoms with Crippen LogP contribution in [0.5, 0.6) is 0 Å². The van der Waals surface area contributed by atoms with Crippen molar-refractivity contribution in [1.82, 2.24) is 0 Å². The van der Waals surface area contributed by atoms with Gasteiger partial charge in [0.1, 0.15) is 0 Å². The number of nitrogens with zero attached hydrogens (tertiary/aromatic N) is 1. The molecule has 34 heavy (non-hydrogen) atoms. The summed E-state index contributed by atoms with van der Waals surface area (Å²) in [5.41, 5.74) is 12.1. The topological polar surface area (TPSA) is 3.24 Å². The maximum atomic E-state index is 2.56. The fourth-order valence-corrected chi connectivity index (χ4v) is 5.81. The van der Waals surface area contributed by atoms with Crippen molar-refractivity contribution in [2.45, 2.75) is 58.9 Å². The lowest BCUT2D eigenvalue weighted by Gasteiger charge is -2.41. The second kappa shape index (κ2) is 8.17. The molecular formula is C33H35N. The summed E-state index contributed by atoms with van der Waals surface area (Å²) >= 11 is 0. The summed E-state index contributed by atoms with van der Waals surface area (Å²) in [6.07, 6.45) is 0.989. The summed E-state index contributed by atoms with van der Waals surface area (Å²) in [6, 6.07) is 33.3. The Labute approximate surface area is 205 Å². The van der Waals surface area contributed by atoms with Gasteiger partial charge in [-0.1, -0.05) is 99.6 Å². The molecule has 0 saturated heterocycles. The van der Waals surface area contributed by atoms with E-state index in [1.54, 1.807) is 0 Å². The molecule has 0 bridgehead atoms. The van der Waals surface area contributed by atoms with Crippen molar-refractivity contribution in [3.05, 3.63) is 108 Å². The van der Waals surface area contributed by atoms with E-state index < -0.39 is 0 Å². The minimum absolute atomic E-state index is 0.0168. The smallest absolute Gasteiger partial charge is 0.0495 e. The molecule has 0 aromatic heterocycles. The Balaban J connectivity index is 1.79. The van der Waals surface area contributed by atoms with E-state index in [-0.39, 0.29) is 11.0 Å². The van der Waals surface area contributed by atoms with Crippen LogP contribution >= 0.6 is 0 Å². The van der Waals surface area contributed by atoms with Gasteiger partial charge < -0.3 is 4.90 Å². The van der Waals surface area contributed by atoms with Gasteiger partial charge in [0.15, 0.2) is 0 Å². The first kappa shape index (κ1) is 22.5. The van der Waals surface area contributed by atoms with Gasteiger partial charge in [-0.25, -0.2) is 0 Å². The molecule has 0 N–H and O–H groups in total. The van der Waals surface area contributed by atoms with Crippen molar-refractivity contribution in [2.24, 2.45) is 0 Å². The molecule has 4 aromatic carbocycles. The highest BCUT2D eigenvalue weighted by Gasteiger charge is 2.38. The minimum atomic E-state index is -0.101. The molecule has 1 heteroatoms. The van der Waals surface area contributed by atoms with Crippen molar-refractivity contribution in [3.8, 4) is 22.3 Å². The van der Waals surface area contributed by atoms with E-state index >= 15 is 0 Å². The highest BCUT2D eigenvalue weighted by Crippen LogP contribution is 2.53. The van der Waals surface area contributed by atoms with Crippen molar-refractivity contribution in [3.63, 3.8) is 0 Å². The van der Waals surface area contributed by atoms with Gasteiger partial charge in [-0.2, -0.15) is 0 Å².